The van der Waals surface area contributed by atoms with E-state index in [-0.39, 0.29) is 37.0 Å². The number of amides is 1. The molecular weight excluding hydrogens is 446 g/mol. The Balaban J connectivity index is 2.41. The van der Waals surface area contributed by atoms with Crippen molar-refractivity contribution in [1.29, 1.82) is 0 Å². The Kier molecular flexibility index (Phi) is 14.1. The number of ketones is 1. The zero-order valence-corrected chi connectivity index (χ0v) is 21.0. The molecule has 33 heavy (non-hydrogen) atoms. The molecule has 0 aromatic heterocycles. The third-order valence-corrected chi connectivity index (χ3v) is 6.67. The highest BCUT2D eigenvalue weighted by Gasteiger charge is 2.51. The Morgan fingerprint density at radius 1 is 1.27 bits per heavy atom. The summed E-state index contributed by atoms with van der Waals surface area (Å²) in [7, 11) is 1.73. The molecule has 0 aromatic carbocycles. The SMILES string of the molecule is CCCCCCC[C@@H](C/C=C/CCC(=O)NC/C(=C\Cl)[C@@H]1C(=O)[C@H](O)C[C@@H](O)[C@]1(C)O)OC. The first kappa shape index (κ1) is 29.8. The number of aliphatic hydroxyl groups excluding tert-OH is 2. The molecule has 0 spiro atoms. The van der Waals surface area contributed by atoms with E-state index >= 15 is 0 Å². The first-order valence-corrected chi connectivity index (χ1v) is 12.5. The standard InChI is InChI=1S/C25H42ClNO6/c1-4-5-6-7-9-12-19(33-3)13-10-8-11-14-22(30)27-17-18(16-26)23-24(31)20(28)15-21(29)25(23,2)32/h8,10,16,19-21,23,28-29,32H,4-7,9,11-15,17H2,1-3H3,(H,27,30)/b10-8+,18-16+/t19-,20+,21+,23+,25-/m0/s1. The molecule has 8 heteroatoms. The highest BCUT2D eigenvalue weighted by molar-refractivity contribution is 6.26. The first-order valence-electron chi connectivity index (χ1n) is 12.0. The van der Waals surface area contributed by atoms with E-state index in [4.69, 9.17) is 16.3 Å². The minimum atomic E-state index is -1.78. The lowest BCUT2D eigenvalue weighted by molar-refractivity contribution is -0.166. The second-order valence-corrected chi connectivity index (χ2v) is 9.31. The Bertz CT molecular complexity index is 663. The number of rotatable bonds is 15. The van der Waals surface area contributed by atoms with Gasteiger partial charge >= 0.3 is 0 Å². The lowest BCUT2D eigenvalue weighted by Gasteiger charge is -2.42. The van der Waals surface area contributed by atoms with Gasteiger partial charge < -0.3 is 25.4 Å². The van der Waals surface area contributed by atoms with Gasteiger partial charge in [-0.2, -0.15) is 0 Å². The van der Waals surface area contributed by atoms with Crippen LogP contribution in [0.5, 0.6) is 0 Å². The maximum Gasteiger partial charge on any atom is 0.220 e. The first-order chi connectivity index (χ1) is 15.7. The monoisotopic (exact) mass is 487 g/mol. The van der Waals surface area contributed by atoms with Gasteiger partial charge in [0.15, 0.2) is 5.78 Å². The second-order valence-electron chi connectivity index (χ2n) is 9.10. The minimum absolute atomic E-state index is 0.0537. The number of carbonyl (C=O) groups is 2. The van der Waals surface area contributed by atoms with Crippen LogP contribution in [0.1, 0.15) is 78.1 Å². The Morgan fingerprint density at radius 3 is 2.61 bits per heavy atom. The quantitative estimate of drug-likeness (QED) is 0.208. The number of hydrogen-bond donors (Lipinski definition) is 4. The number of carbonyl (C=O) groups excluding carboxylic acids is 2. The van der Waals surface area contributed by atoms with E-state index in [0.29, 0.717) is 6.42 Å². The number of aliphatic hydroxyl groups is 3. The number of allylic oxidation sites excluding steroid dienone is 1. The van der Waals surface area contributed by atoms with E-state index in [2.05, 4.69) is 12.2 Å². The Morgan fingerprint density at radius 2 is 1.97 bits per heavy atom. The van der Waals surface area contributed by atoms with Crippen LogP contribution in [0.4, 0.5) is 0 Å². The summed E-state index contributed by atoms with van der Waals surface area (Å²) in [4.78, 5) is 24.6. The van der Waals surface area contributed by atoms with E-state index in [1.807, 2.05) is 12.2 Å². The molecule has 1 amide bonds. The van der Waals surface area contributed by atoms with Crippen molar-refractivity contribution in [2.24, 2.45) is 5.92 Å². The van der Waals surface area contributed by atoms with Crippen LogP contribution in [0.15, 0.2) is 23.3 Å². The van der Waals surface area contributed by atoms with E-state index in [1.165, 1.54) is 32.6 Å². The zero-order chi connectivity index (χ0) is 24.9. The van der Waals surface area contributed by atoms with Crippen molar-refractivity contribution in [3.05, 3.63) is 23.3 Å². The molecule has 1 aliphatic rings. The summed E-state index contributed by atoms with van der Waals surface area (Å²) in [5.74, 6) is -2.03. The Labute approximate surface area is 203 Å². The average molecular weight is 488 g/mol. The van der Waals surface area contributed by atoms with Crippen LogP contribution >= 0.6 is 11.6 Å². The fourth-order valence-corrected chi connectivity index (χ4v) is 4.38. The molecule has 1 fully saturated rings. The van der Waals surface area contributed by atoms with Crippen LogP contribution in [-0.2, 0) is 14.3 Å². The molecule has 0 unspecified atom stereocenters. The minimum Gasteiger partial charge on any atom is -0.390 e. The van der Waals surface area contributed by atoms with Crippen LogP contribution in [0.2, 0.25) is 0 Å². The van der Waals surface area contributed by atoms with E-state index in [0.717, 1.165) is 24.8 Å². The zero-order valence-electron chi connectivity index (χ0n) is 20.3. The molecule has 4 N–H and O–H groups in total. The molecule has 1 saturated carbocycles. The predicted molar refractivity (Wildman–Crippen MR) is 130 cm³/mol. The predicted octanol–water partition coefficient (Wildman–Crippen LogP) is 3.39. The summed E-state index contributed by atoms with van der Waals surface area (Å²) in [6.07, 6.45) is 10.1. The molecule has 7 nitrogen and oxygen atoms in total. The second kappa shape index (κ2) is 15.6. The Hall–Kier alpha value is -1.25. The number of nitrogens with one attached hydrogen (secondary N) is 1. The molecule has 0 heterocycles. The molecule has 0 aliphatic heterocycles. The van der Waals surface area contributed by atoms with Crippen molar-refractivity contribution >= 4 is 23.3 Å². The van der Waals surface area contributed by atoms with Gasteiger partial charge in [-0.25, -0.2) is 0 Å². The van der Waals surface area contributed by atoms with E-state index < -0.39 is 29.5 Å². The van der Waals surface area contributed by atoms with Crippen LogP contribution in [0, 0.1) is 5.92 Å². The maximum absolute atomic E-state index is 12.4. The van der Waals surface area contributed by atoms with Gasteiger partial charge in [-0.1, -0.05) is 62.8 Å². The summed E-state index contributed by atoms with van der Waals surface area (Å²) in [6.45, 7) is 3.48. The van der Waals surface area contributed by atoms with Gasteiger partial charge in [0, 0.05) is 32.0 Å². The van der Waals surface area contributed by atoms with Gasteiger partial charge in [0.05, 0.1) is 18.1 Å². The van der Waals surface area contributed by atoms with Gasteiger partial charge in [-0.3, -0.25) is 9.59 Å². The smallest absolute Gasteiger partial charge is 0.220 e. The summed E-state index contributed by atoms with van der Waals surface area (Å²) < 4.78 is 5.53. The fraction of sp³-hybridized carbons (Fsp3) is 0.760. The van der Waals surface area contributed by atoms with Gasteiger partial charge in [-0.05, 0) is 31.8 Å². The molecule has 0 saturated heterocycles. The number of hydrogen-bond acceptors (Lipinski definition) is 6. The van der Waals surface area contributed by atoms with Gasteiger partial charge in [0.25, 0.3) is 0 Å². The number of ether oxygens (including phenoxy) is 1. The van der Waals surface area contributed by atoms with Gasteiger partial charge in [-0.15, -0.1) is 0 Å². The largest absolute Gasteiger partial charge is 0.390 e. The number of methoxy groups -OCH3 is 1. The maximum atomic E-state index is 12.4. The van der Waals surface area contributed by atoms with Crippen molar-refractivity contribution in [2.45, 2.75) is 102 Å². The van der Waals surface area contributed by atoms with Crippen LogP contribution in [0.25, 0.3) is 0 Å². The van der Waals surface area contributed by atoms with E-state index in [9.17, 15) is 24.9 Å². The summed E-state index contributed by atoms with van der Waals surface area (Å²) in [6, 6.07) is 0. The fourth-order valence-electron chi connectivity index (χ4n) is 4.18. The van der Waals surface area contributed by atoms with E-state index in [1.54, 1.807) is 7.11 Å². The van der Waals surface area contributed by atoms with Gasteiger partial charge in [0.1, 0.15) is 11.7 Å². The van der Waals surface area contributed by atoms with Crippen LogP contribution < -0.4 is 5.32 Å². The normalized spacial score (nSPS) is 27.2. The summed E-state index contributed by atoms with van der Waals surface area (Å²) in [5.41, 5.74) is -0.414. The molecule has 190 valence electrons. The number of Topliss-reactive ketones (excluding diaryl/α,β-unsaturated/α-hetero) is 1. The van der Waals surface area contributed by atoms with Gasteiger partial charge in [0.2, 0.25) is 5.91 Å². The van der Waals surface area contributed by atoms with Crippen LogP contribution in [0.3, 0.4) is 0 Å². The highest BCUT2D eigenvalue weighted by Crippen LogP contribution is 2.36. The summed E-state index contributed by atoms with van der Waals surface area (Å²) >= 11 is 5.86. The molecular formula is C25H42ClNO6. The molecule has 0 bridgehead atoms. The van der Waals surface area contributed by atoms with Crippen molar-refractivity contribution < 1.29 is 29.6 Å². The summed E-state index contributed by atoms with van der Waals surface area (Å²) in [5, 5.41) is 33.3. The number of halogens is 1. The third kappa shape index (κ3) is 9.87. The van der Waals surface area contributed by atoms with Crippen molar-refractivity contribution in [3.8, 4) is 0 Å². The lowest BCUT2D eigenvalue weighted by Crippen LogP contribution is -2.59. The highest BCUT2D eigenvalue weighted by atomic mass is 35.5. The topological polar surface area (TPSA) is 116 Å². The number of unbranched alkanes of at least 4 members (excludes halogenated alkanes) is 4. The lowest BCUT2D eigenvalue weighted by atomic mass is 9.69. The molecule has 0 radical (unpaired) electrons. The molecule has 1 aliphatic carbocycles. The third-order valence-electron chi connectivity index (χ3n) is 6.39. The molecule has 5 atom stereocenters. The molecule has 1 rings (SSSR count). The van der Waals surface area contributed by atoms with Crippen molar-refractivity contribution in [1.82, 2.24) is 5.32 Å². The molecule has 0 aromatic rings. The van der Waals surface area contributed by atoms with Crippen LogP contribution in [-0.4, -0.2) is 64.6 Å². The van der Waals surface area contributed by atoms with Crippen molar-refractivity contribution in [3.63, 3.8) is 0 Å². The van der Waals surface area contributed by atoms with Crippen molar-refractivity contribution in [2.75, 3.05) is 13.7 Å². The average Bonchev–Trinajstić information content (AvgIpc) is 2.78.